The first kappa shape index (κ1) is 40.7. The average molecular weight is 849 g/mol. The summed E-state index contributed by atoms with van der Waals surface area (Å²) in [7, 11) is 0. The number of phenolic OH excluding ortho intramolecular Hbond substituents is 3. The van der Waals surface area contributed by atoms with Gasteiger partial charge in [-0.15, -0.1) is 0 Å². The van der Waals surface area contributed by atoms with Gasteiger partial charge in [0.2, 0.25) is 0 Å². The lowest BCUT2D eigenvalue weighted by atomic mass is 9.99. The summed E-state index contributed by atoms with van der Waals surface area (Å²) in [4.78, 5) is 17.0. The first-order chi connectivity index (χ1) is 30.6. The van der Waals surface area contributed by atoms with E-state index in [1.165, 1.54) is 12.1 Å². The van der Waals surface area contributed by atoms with Gasteiger partial charge < -0.3 is 36.3 Å². The maximum absolute atomic E-state index is 16.7. The zero-order chi connectivity index (χ0) is 43.8. The lowest BCUT2D eigenvalue weighted by Crippen LogP contribution is -2.11. The molecule has 0 saturated carbocycles. The first-order valence-corrected chi connectivity index (χ1v) is 20.4. The number of hydrogen-bond donors (Lipinski definition) is 7. The number of nitrogens with zero attached hydrogens (tertiary/aromatic N) is 2. The van der Waals surface area contributed by atoms with E-state index in [9.17, 15) is 15.3 Å². The van der Waals surface area contributed by atoms with Crippen molar-refractivity contribution in [1.82, 2.24) is 19.9 Å². The Morgan fingerprint density at radius 1 is 0.460 bits per heavy atom. The third kappa shape index (κ3) is 7.78. The molecule has 63 heavy (non-hydrogen) atoms. The van der Waals surface area contributed by atoms with E-state index < -0.39 is 34.5 Å². The number of fused-ring (bicyclic) bond motifs is 8. The molecule has 3 aromatic heterocycles. The van der Waals surface area contributed by atoms with Crippen molar-refractivity contribution in [2.75, 3.05) is 18.4 Å². The molecule has 0 fully saturated rings. The molecular formula is C50H40F4N6O3. The summed E-state index contributed by atoms with van der Waals surface area (Å²) in [5.74, 6) is -7.15. The summed E-state index contributed by atoms with van der Waals surface area (Å²) in [6.45, 7) is 0.627. The molecule has 5 heterocycles. The van der Waals surface area contributed by atoms with Crippen LogP contribution in [-0.2, 0) is 0 Å². The fourth-order valence-electron chi connectivity index (χ4n) is 8.23. The quantitative estimate of drug-likeness (QED) is 0.0296. The number of anilines is 1. The Balaban J connectivity index is 1.44. The molecule has 0 amide bonds. The fourth-order valence-corrected chi connectivity index (χ4v) is 8.23. The highest BCUT2D eigenvalue weighted by atomic mass is 19.2. The maximum Gasteiger partial charge on any atom is 0.199 e. The van der Waals surface area contributed by atoms with Crippen molar-refractivity contribution in [3.8, 4) is 61.8 Å². The molecule has 9 nitrogen and oxygen atoms in total. The van der Waals surface area contributed by atoms with Crippen LogP contribution in [0.15, 0.2) is 97.1 Å². The summed E-state index contributed by atoms with van der Waals surface area (Å²) < 4.78 is 63.5. The third-order valence-electron chi connectivity index (χ3n) is 11.1. The molecule has 2 aliphatic rings. The molecule has 7 aromatic rings. The van der Waals surface area contributed by atoms with Crippen molar-refractivity contribution in [3.05, 3.63) is 143 Å². The lowest BCUT2D eigenvalue weighted by Gasteiger charge is -2.16. The Morgan fingerprint density at radius 3 is 1.29 bits per heavy atom. The SMILES string of the molecule is NCCCCCCNc1c(F)c(F)c(F)c(F)c1-c1c2nc(c(-c3cccc(O)c3)c3ccc([nH]3)c(-c3cccc(O)c3)c3nc(c(-c4cccc(O)c4)c4ccc1[nH]4)C=C3)C=C2. The van der Waals surface area contributed by atoms with Gasteiger partial charge in [0.15, 0.2) is 23.3 Å². The number of unbranched alkanes of at least 4 members (excludes halogenated alkanes) is 3. The summed E-state index contributed by atoms with van der Waals surface area (Å²) in [5, 5.41) is 34.9. The van der Waals surface area contributed by atoms with Crippen LogP contribution >= 0.6 is 0 Å². The first-order valence-electron chi connectivity index (χ1n) is 20.4. The van der Waals surface area contributed by atoms with E-state index in [-0.39, 0.29) is 40.6 Å². The number of halogens is 4. The van der Waals surface area contributed by atoms with E-state index in [4.69, 9.17) is 15.7 Å². The summed E-state index contributed by atoms with van der Waals surface area (Å²) in [5.41, 5.74) is 11.1. The van der Waals surface area contributed by atoms with Gasteiger partial charge in [-0.25, -0.2) is 27.5 Å². The normalized spacial score (nSPS) is 12.0. The molecular weight excluding hydrogens is 809 g/mol. The zero-order valence-electron chi connectivity index (χ0n) is 33.6. The number of nitrogens with one attached hydrogen (secondary N) is 3. The largest absolute Gasteiger partial charge is 0.508 e. The Kier molecular flexibility index (Phi) is 11.0. The van der Waals surface area contributed by atoms with Crippen LogP contribution in [0.5, 0.6) is 17.2 Å². The maximum atomic E-state index is 16.7. The number of hydrogen-bond acceptors (Lipinski definition) is 7. The second kappa shape index (κ2) is 17.0. The summed E-state index contributed by atoms with van der Waals surface area (Å²) in [6.07, 6.45) is 9.70. The Labute approximate surface area is 358 Å². The van der Waals surface area contributed by atoms with Gasteiger partial charge in [0.25, 0.3) is 0 Å². The van der Waals surface area contributed by atoms with Gasteiger partial charge in [0.05, 0.1) is 34.0 Å². The van der Waals surface area contributed by atoms with Crippen LogP contribution in [0.4, 0.5) is 23.2 Å². The van der Waals surface area contributed by atoms with Crippen molar-refractivity contribution < 1.29 is 32.9 Å². The molecule has 0 saturated heterocycles. The monoisotopic (exact) mass is 848 g/mol. The van der Waals surface area contributed by atoms with Gasteiger partial charge in [-0.1, -0.05) is 49.2 Å². The van der Waals surface area contributed by atoms with Crippen LogP contribution in [0.2, 0.25) is 0 Å². The number of H-pyrrole nitrogens is 2. The van der Waals surface area contributed by atoms with E-state index >= 15 is 17.6 Å². The second-order valence-electron chi connectivity index (χ2n) is 15.3. The molecule has 9 rings (SSSR count). The minimum atomic E-state index is -1.99. The van der Waals surface area contributed by atoms with Crippen LogP contribution in [0.1, 0.15) is 48.5 Å². The minimum Gasteiger partial charge on any atom is -0.508 e. The summed E-state index contributed by atoms with van der Waals surface area (Å²) >= 11 is 0. The van der Waals surface area contributed by atoms with Gasteiger partial charge in [0, 0.05) is 50.9 Å². The fraction of sp³-hybridized carbons (Fsp3) is 0.120. The standard InChI is InChI=1S/C50H40F4N6O3/c51-46-45(50(49(54)48(53)47(46)52)56-23-4-2-1-3-22-55)44-39-20-18-37(59-39)42(28-9-6-12-31(62)25-28)35-16-14-33(57-35)41(27-8-5-11-30(61)24-27)34-15-17-36(58-34)43(38-19-21-40(44)60-38)29-10-7-13-32(63)26-29/h5-21,24-26,56-57,60-63H,1-4,22-23,55H2. The van der Waals surface area contributed by atoms with Crippen molar-refractivity contribution in [2.24, 2.45) is 5.73 Å². The highest BCUT2D eigenvalue weighted by Gasteiger charge is 2.29. The van der Waals surface area contributed by atoms with E-state index in [1.807, 2.05) is 24.3 Å². The number of aromatic hydroxyl groups is 3. The average Bonchev–Trinajstić information content (AvgIpc) is 4.12. The van der Waals surface area contributed by atoms with E-state index in [0.29, 0.717) is 86.4 Å². The molecule has 13 heteroatoms. The predicted octanol–water partition coefficient (Wildman–Crippen LogP) is 11.9. The highest BCUT2D eigenvalue weighted by Crippen LogP contribution is 2.43. The van der Waals surface area contributed by atoms with Crippen molar-refractivity contribution in [3.63, 3.8) is 0 Å². The topological polar surface area (TPSA) is 156 Å². The summed E-state index contributed by atoms with van der Waals surface area (Å²) in [6, 6.07) is 26.9. The van der Waals surface area contributed by atoms with Gasteiger partial charge in [0.1, 0.15) is 17.2 Å². The van der Waals surface area contributed by atoms with Gasteiger partial charge in [-0.05, 0) is 121 Å². The Morgan fingerprint density at radius 2 is 0.857 bits per heavy atom. The molecule has 4 aromatic carbocycles. The van der Waals surface area contributed by atoms with Crippen LogP contribution < -0.4 is 11.1 Å². The second-order valence-corrected chi connectivity index (χ2v) is 15.3. The number of rotatable bonds is 11. The molecule has 0 aliphatic carbocycles. The van der Waals surface area contributed by atoms with E-state index in [0.717, 1.165) is 12.8 Å². The van der Waals surface area contributed by atoms with Crippen molar-refractivity contribution in [1.29, 1.82) is 0 Å². The number of aromatic nitrogens is 4. The van der Waals surface area contributed by atoms with Crippen LogP contribution in [0.3, 0.4) is 0 Å². The zero-order valence-corrected chi connectivity index (χ0v) is 33.6. The number of aromatic amines is 2. The number of phenols is 3. The molecule has 0 radical (unpaired) electrons. The van der Waals surface area contributed by atoms with Crippen molar-refractivity contribution >= 4 is 52.1 Å². The van der Waals surface area contributed by atoms with Gasteiger partial charge in [-0.2, -0.15) is 0 Å². The van der Waals surface area contributed by atoms with Gasteiger partial charge in [-0.3, -0.25) is 0 Å². The van der Waals surface area contributed by atoms with Crippen molar-refractivity contribution in [2.45, 2.75) is 25.7 Å². The molecule has 8 bridgehead atoms. The third-order valence-corrected chi connectivity index (χ3v) is 11.1. The molecule has 8 N–H and O–H groups in total. The smallest absolute Gasteiger partial charge is 0.199 e. The number of benzene rings is 4. The molecule has 0 spiro atoms. The molecule has 316 valence electrons. The predicted molar refractivity (Wildman–Crippen MR) is 241 cm³/mol. The molecule has 0 unspecified atom stereocenters. The molecule has 0 atom stereocenters. The molecule has 2 aliphatic heterocycles. The van der Waals surface area contributed by atoms with E-state index in [2.05, 4.69) is 15.3 Å². The lowest BCUT2D eigenvalue weighted by molar-refractivity contribution is 0.412. The van der Waals surface area contributed by atoms with Crippen LogP contribution in [0.25, 0.3) is 90.9 Å². The Bertz CT molecular complexity index is 3130. The minimum absolute atomic E-state index is 0.0192. The highest BCUT2D eigenvalue weighted by molar-refractivity contribution is 6.01. The van der Waals surface area contributed by atoms with Gasteiger partial charge >= 0.3 is 0 Å². The Hall–Kier alpha value is -7.64. The van der Waals surface area contributed by atoms with Crippen LogP contribution in [0, 0.1) is 23.3 Å². The number of nitrogens with two attached hydrogens (primary N) is 1. The van der Waals surface area contributed by atoms with E-state index in [1.54, 1.807) is 85.0 Å². The van der Waals surface area contributed by atoms with Crippen LogP contribution in [-0.4, -0.2) is 48.3 Å².